The Bertz CT molecular complexity index is 937. The van der Waals surface area contributed by atoms with Gasteiger partial charge in [0.2, 0.25) is 0 Å². The lowest BCUT2D eigenvalue weighted by Gasteiger charge is -2.47. The van der Waals surface area contributed by atoms with Crippen LogP contribution >= 0.6 is 0 Å². The van der Waals surface area contributed by atoms with Crippen molar-refractivity contribution in [2.24, 2.45) is 0 Å². The summed E-state index contributed by atoms with van der Waals surface area (Å²) in [5.41, 5.74) is 0. The monoisotopic (exact) mass is 634 g/mol. The topological polar surface area (TPSA) is 332 Å². The molecule has 0 spiro atoms. The Hall–Kier alpha value is -1.70. The van der Waals surface area contributed by atoms with E-state index in [4.69, 9.17) is 28.4 Å². The largest absolute Gasteiger partial charge is 0.477 e. The third-order valence-corrected chi connectivity index (χ3v) is 7.32. The summed E-state index contributed by atoms with van der Waals surface area (Å²) in [6.45, 7) is -1.95. The van der Waals surface area contributed by atoms with Gasteiger partial charge in [-0.2, -0.15) is 0 Å². The molecule has 3 fully saturated rings. The number of carboxylic acids is 1. The highest BCUT2D eigenvalue weighted by atomic mass is 16.7. The first-order valence-corrected chi connectivity index (χ1v) is 13.1. The van der Waals surface area contributed by atoms with Crippen LogP contribution < -0.4 is 0 Å². The Morgan fingerprint density at radius 2 is 1.44 bits per heavy atom. The zero-order chi connectivity index (χ0) is 32.4. The molecule has 20 nitrogen and oxygen atoms in total. The number of carbonyl (C=O) groups is 2. The van der Waals surface area contributed by atoms with Crippen LogP contribution in [-0.4, -0.2) is 191 Å². The lowest BCUT2D eigenvalue weighted by atomic mass is 9.90. The Balaban J connectivity index is 1.84. The lowest BCUT2D eigenvalue weighted by Crippen LogP contribution is -2.66. The van der Waals surface area contributed by atoms with Gasteiger partial charge < -0.3 is 89.7 Å². The van der Waals surface area contributed by atoms with Gasteiger partial charge in [0, 0.05) is 13.3 Å². The van der Waals surface area contributed by atoms with Crippen molar-refractivity contribution in [3.05, 3.63) is 0 Å². The molecule has 0 aliphatic carbocycles. The maximum absolute atomic E-state index is 11.6. The second-order valence-electron chi connectivity index (χ2n) is 10.4. The van der Waals surface area contributed by atoms with Crippen LogP contribution in [0.2, 0.25) is 0 Å². The number of carbonyl (C=O) groups excluding carboxylic acids is 1. The van der Waals surface area contributed by atoms with Gasteiger partial charge in [-0.05, 0) is 0 Å². The molecule has 0 aromatic heterocycles. The second-order valence-corrected chi connectivity index (χ2v) is 10.4. The van der Waals surface area contributed by atoms with E-state index < -0.39 is 136 Å². The van der Waals surface area contributed by atoms with Crippen molar-refractivity contribution < 1.29 is 99.3 Å². The highest BCUT2D eigenvalue weighted by Gasteiger charge is 2.56. The molecule has 3 rings (SSSR count). The number of rotatable bonds is 11. The third kappa shape index (κ3) is 7.58. The molecule has 16 atom stereocenters. The van der Waals surface area contributed by atoms with Gasteiger partial charge >= 0.3 is 11.9 Å². The molecule has 0 bridgehead atoms. The third-order valence-electron chi connectivity index (χ3n) is 7.32. The van der Waals surface area contributed by atoms with E-state index in [9.17, 15) is 70.9 Å². The first kappa shape index (κ1) is 35.8. The van der Waals surface area contributed by atoms with Crippen molar-refractivity contribution in [1.82, 2.24) is 0 Å². The minimum absolute atomic E-state index is 0.825. The molecule has 250 valence electrons. The molecule has 0 amide bonds. The predicted octanol–water partition coefficient (Wildman–Crippen LogP) is -7.80. The van der Waals surface area contributed by atoms with Crippen molar-refractivity contribution in [2.75, 3.05) is 19.8 Å². The van der Waals surface area contributed by atoms with Gasteiger partial charge in [-0.3, -0.25) is 4.79 Å². The molecule has 3 aliphatic rings. The van der Waals surface area contributed by atoms with Crippen molar-refractivity contribution in [1.29, 1.82) is 0 Å². The van der Waals surface area contributed by atoms with E-state index in [1.165, 1.54) is 0 Å². The van der Waals surface area contributed by atoms with Crippen molar-refractivity contribution >= 4 is 11.9 Å². The van der Waals surface area contributed by atoms with E-state index in [1.54, 1.807) is 0 Å². The number of carboxylic acid groups (broad SMARTS) is 1. The first-order chi connectivity index (χ1) is 20.1. The first-order valence-electron chi connectivity index (χ1n) is 13.1. The lowest BCUT2D eigenvalue weighted by molar-refractivity contribution is -0.370. The van der Waals surface area contributed by atoms with Gasteiger partial charge in [-0.25, -0.2) is 4.79 Å². The van der Waals surface area contributed by atoms with Crippen LogP contribution in [0.4, 0.5) is 0 Å². The zero-order valence-electron chi connectivity index (χ0n) is 22.6. The summed E-state index contributed by atoms with van der Waals surface area (Å²) in [4.78, 5) is 23.2. The minimum Gasteiger partial charge on any atom is -0.477 e. The number of aliphatic carboxylic acids is 1. The number of aliphatic hydroxyl groups is 11. The Morgan fingerprint density at radius 3 is 1.98 bits per heavy atom. The van der Waals surface area contributed by atoms with E-state index in [0.29, 0.717) is 0 Å². The molecule has 0 aromatic carbocycles. The van der Waals surface area contributed by atoms with Crippen LogP contribution in [0.25, 0.3) is 0 Å². The fraction of sp³-hybridized carbons (Fsp3) is 0.913. The van der Waals surface area contributed by atoms with Crippen LogP contribution in [0, 0.1) is 0 Å². The highest BCUT2D eigenvalue weighted by molar-refractivity contribution is 5.75. The molecule has 3 heterocycles. The van der Waals surface area contributed by atoms with Gasteiger partial charge in [-0.1, -0.05) is 0 Å². The molecule has 0 aromatic rings. The van der Waals surface area contributed by atoms with Crippen LogP contribution in [-0.2, 0) is 38.0 Å². The summed E-state index contributed by atoms with van der Waals surface area (Å²) >= 11 is 0. The maximum Gasteiger partial charge on any atom is 0.364 e. The fourth-order valence-electron chi connectivity index (χ4n) is 4.97. The highest BCUT2D eigenvalue weighted by Crippen LogP contribution is 2.34. The summed E-state index contributed by atoms with van der Waals surface area (Å²) < 4.78 is 31.4. The van der Waals surface area contributed by atoms with Gasteiger partial charge in [0.25, 0.3) is 5.79 Å². The quantitative estimate of drug-likeness (QED) is 0.0938. The molecule has 12 N–H and O–H groups in total. The number of ether oxygens (including phenoxy) is 6. The van der Waals surface area contributed by atoms with Crippen molar-refractivity contribution in [2.45, 2.75) is 111 Å². The summed E-state index contributed by atoms with van der Waals surface area (Å²) in [6, 6.07) is 0. The molecule has 0 radical (unpaired) electrons. The van der Waals surface area contributed by atoms with Crippen LogP contribution in [0.1, 0.15) is 13.3 Å². The molecular weight excluding hydrogens is 596 g/mol. The number of hydrogen-bond acceptors (Lipinski definition) is 19. The fourth-order valence-corrected chi connectivity index (χ4v) is 4.97. The van der Waals surface area contributed by atoms with E-state index in [2.05, 4.69) is 0 Å². The normalized spacial score (nSPS) is 45.3. The summed E-state index contributed by atoms with van der Waals surface area (Å²) in [7, 11) is 0. The summed E-state index contributed by atoms with van der Waals surface area (Å²) in [5, 5.41) is 122. The Labute approximate surface area is 242 Å². The van der Waals surface area contributed by atoms with Crippen LogP contribution in [0.5, 0.6) is 0 Å². The smallest absolute Gasteiger partial charge is 0.364 e. The number of esters is 1. The molecule has 3 aliphatic heterocycles. The number of aliphatic hydroxyl groups excluding tert-OH is 10. The summed E-state index contributed by atoms with van der Waals surface area (Å²) in [6.07, 6.45) is -29.1. The second kappa shape index (κ2) is 14.6. The van der Waals surface area contributed by atoms with E-state index in [0.717, 1.165) is 6.92 Å². The van der Waals surface area contributed by atoms with Crippen LogP contribution in [0.3, 0.4) is 0 Å². The average Bonchev–Trinajstić information content (AvgIpc) is 2.95. The molecular formula is C23H38O20. The van der Waals surface area contributed by atoms with Gasteiger partial charge in [0.05, 0.1) is 25.9 Å². The van der Waals surface area contributed by atoms with Crippen LogP contribution in [0.15, 0.2) is 0 Å². The molecule has 1 unspecified atom stereocenters. The van der Waals surface area contributed by atoms with E-state index in [1.807, 2.05) is 0 Å². The maximum atomic E-state index is 11.6. The standard InChI is InChI=1S/C23H38O20/c1-6(27)38-17-7(28)2-23(37,22(35)36)43-19(17)13(31)10(5-26)41-21-16(34)18(12(30)9(4-25)40-21)42-20-15(33)14(32)11(29)8(3-24)39-20/h7-21,24-26,28-34,37H,2-5H2,1H3,(H,35,36)/t7-,8+,9+,10+,11-,12-,13+,14-,15+,16+,17+,18-,19-,20-,21-,23?/m0/s1. The summed E-state index contributed by atoms with van der Waals surface area (Å²) in [5.74, 6) is -6.03. The minimum atomic E-state index is -3.07. The number of hydrogen-bond donors (Lipinski definition) is 12. The van der Waals surface area contributed by atoms with E-state index in [-0.39, 0.29) is 0 Å². The Kier molecular flexibility index (Phi) is 12.1. The van der Waals surface area contributed by atoms with Gasteiger partial charge in [0.1, 0.15) is 67.1 Å². The molecule has 3 saturated heterocycles. The zero-order valence-corrected chi connectivity index (χ0v) is 22.6. The van der Waals surface area contributed by atoms with Gasteiger partial charge in [0.15, 0.2) is 18.7 Å². The molecule has 0 saturated carbocycles. The Morgan fingerprint density at radius 1 is 0.860 bits per heavy atom. The SMILES string of the molecule is CC(=O)O[C@H]1[C@H]([C@H](O)[C@@H](CO)O[C@@H]2O[C@H](CO)[C@H](O)[C@H](O[C@@H]3O[C@H](CO)[C@H](O)[C@H](O)[C@H]3O)[C@H]2O)OC(O)(C(=O)O)C[C@@H]1O. The van der Waals surface area contributed by atoms with E-state index >= 15 is 0 Å². The van der Waals surface area contributed by atoms with Gasteiger partial charge in [-0.15, -0.1) is 0 Å². The average molecular weight is 635 g/mol. The molecule has 20 heteroatoms. The predicted molar refractivity (Wildman–Crippen MR) is 128 cm³/mol. The van der Waals surface area contributed by atoms with Crippen molar-refractivity contribution in [3.8, 4) is 0 Å². The molecule has 43 heavy (non-hydrogen) atoms. The van der Waals surface area contributed by atoms with Crippen molar-refractivity contribution in [3.63, 3.8) is 0 Å².